The molecule has 1 aromatic heterocycles. The van der Waals surface area contributed by atoms with Crippen LogP contribution in [0.4, 0.5) is 5.82 Å². The van der Waals surface area contributed by atoms with Gasteiger partial charge < -0.3 is 15.4 Å². The molecule has 7 heteroatoms. The van der Waals surface area contributed by atoms with Crippen molar-refractivity contribution < 1.29 is 5.11 Å². The highest BCUT2D eigenvalue weighted by Gasteiger charge is 2.10. The smallest absolute Gasteiger partial charge is 0.178 e. The lowest BCUT2D eigenvalue weighted by Gasteiger charge is -2.19. The SMILES string of the molecule is C=N/C(=N\NCc1ccccc1C(=C)O)c1ccc(CN(C)c2ccccn2)c(Cl)c1. The molecule has 0 atom stereocenters. The predicted octanol–water partition coefficient (Wildman–Crippen LogP) is 5.05. The van der Waals surface area contributed by atoms with Gasteiger partial charge in [0.05, 0.1) is 6.54 Å². The van der Waals surface area contributed by atoms with Gasteiger partial charge in [-0.2, -0.15) is 5.10 Å². The summed E-state index contributed by atoms with van der Waals surface area (Å²) in [6.45, 7) is 8.22. The van der Waals surface area contributed by atoms with Crippen molar-refractivity contribution >= 4 is 35.7 Å². The number of nitrogens with one attached hydrogen (secondary N) is 1. The maximum Gasteiger partial charge on any atom is 0.178 e. The molecule has 31 heavy (non-hydrogen) atoms. The van der Waals surface area contributed by atoms with E-state index >= 15 is 0 Å². The molecule has 2 N–H and O–H groups in total. The van der Waals surface area contributed by atoms with Gasteiger partial charge in [0, 0.05) is 35.9 Å². The molecule has 2 aromatic carbocycles. The highest BCUT2D eigenvalue weighted by Crippen LogP contribution is 2.22. The molecule has 0 bridgehead atoms. The Bertz CT molecular complexity index is 1100. The number of pyridine rings is 1. The zero-order valence-electron chi connectivity index (χ0n) is 17.3. The third kappa shape index (κ3) is 5.71. The molecule has 0 aliphatic heterocycles. The van der Waals surface area contributed by atoms with Crippen LogP contribution in [0.5, 0.6) is 0 Å². The normalized spacial score (nSPS) is 11.1. The van der Waals surface area contributed by atoms with Gasteiger partial charge in [-0.15, -0.1) is 0 Å². The fourth-order valence-electron chi connectivity index (χ4n) is 3.08. The van der Waals surface area contributed by atoms with E-state index in [0.29, 0.717) is 29.5 Å². The average Bonchev–Trinajstić information content (AvgIpc) is 2.79. The number of hydrogen-bond acceptors (Lipinski definition) is 5. The van der Waals surface area contributed by atoms with E-state index in [2.05, 4.69) is 33.8 Å². The second-order valence-corrected chi connectivity index (χ2v) is 7.29. The minimum Gasteiger partial charge on any atom is -0.508 e. The van der Waals surface area contributed by atoms with E-state index in [0.717, 1.165) is 22.5 Å². The van der Waals surface area contributed by atoms with Crippen LogP contribution in [-0.2, 0) is 13.1 Å². The predicted molar refractivity (Wildman–Crippen MR) is 129 cm³/mol. The van der Waals surface area contributed by atoms with Gasteiger partial charge >= 0.3 is 0 Å². The van der Waals surface area contributed by atoms with Gasteiger partial charge in [-0.25, -0.2) is 9.98 Å². The first-order valence-electron chi connectivity index (χ1n) is 9.64. The Morgan fingerprint density at radius 1 is 1.13 bits per heavy atom. The number of anilines is 1. The molecular weight excluding hydrogens is 410 g/mol. The number of aromatic nitrogens is 1. The fourth-order valence-corrected chi connectivity index (χ4v) is 3.32. The largest absolute Gasteiger partial charge is 0.508 e. The van der Waals surface area contributed by atoms with E-state index in [1.807, 2.05) is 66.5 Å². The summed E-state index contributed by atoms with van der Waals surface area (Å²) in [7, 11) is 1.97. The Kier molecular flexibility index (Phi) is 7.40. The Morgan fingerprint density at radius 2 is 1.90 bits per heavy atom. The molecule has 1 heterocycles. The first-order valence-corrected chi connectivity index (χ1v) is 10.0. The van der Waals surface area contributed by atoms with Crippen molar-refractivity contribution in [1.29, 1.82) is 0 Å². The van der Waals surface area contributed by atoms with Gasteiger partial charge in [0.2, 0.25) is 0 Å². The summed E-state index contributed by atoms with van der Waals surface area (Å²) in [5.41, 5.74) is 6.22. The molecule has 3 rings (SSSR count). The van der Waals surface area contributed by atoms with Gasteiger partial charge in [-0.05, 0) is 36.0 Å². The highest BCUT2D eigenvalue weighted by molar-refractivity contribution is 6.31. The number of aliphatic hydroxyl groups excluding tert-OH is 1. The van der Waals surface area contributed by atoms with Crippen LogP contribution in [0.25, 0.3) is 5.76 Å². The van der Waals surface area contributed by atoms with E-state index in [-0.39, 0.29) is 5.76 Å². The number of benzene rings is 2. The highest BCUT2D eigenvalue weighted by atomic mass is 35.5. The van der Waals surface area contributed by atoms with Gasteiger partial charge in [0.1, 0.15) is 11.6 Å². The maximum absolute atomic E-state index is 9.72. The molecule has 0 spiro atoms. The first kappa shape index (κ1) is 22.1. The summed E-state index contributed by atoms with van der Waals surface area (Å²) < 4.78 is 0. The molecule has 0 saturated heterocycles. The van der Waals surface area contributed by atoms with Gasteiger partial charge in [-0.3, -0.25) is 0 Å². The van der Waals surface area contributed by atoms with Crippen LogP contribution in [0.15, 0.2) is 83.5 Å². The van der Waals surface area contributed by atoms with Crippen LogP contribution in [0.2, 0.25) is 5.02 Å². The first-order chi connectivity index (χ1) is 15.0. The van der Waals surface area contributed by atoms with Crippen LogP contribution in [0.1, 0.15) is 22.3 Å². The third-order valence-electron chi connectivity index (χ3n) is 4.69. The standard InChI is InChI=1S/C24H24ClN5O/c1-17(31)21-9-5-4-8-19(21)15-28-29-24(26-2)18-11-12-20(22(25)14-18)16-30(3)23-10-6-7-13-27-23/h4-14,28,31H,1-2,15-16H2,3H3/b29-24-. The number of aliphatic imine (C=N–C) groups is 1. The molecule has 0 radical (unpaired) electrons. The van der Waals surface area contributed by atoms with Gasteiger partial charge in [0.15, 0.2) is 5.84 Å². The van der Waals surface area contributed by atoms with E-state index in [1.54, 1.807) is 12.3 Å². The number of hydrogen-bond donors (Lipinski definition) is 2. The number of aliphatic hydroxyl groups is 1. The quantitative estimate of drug-likeness (QED) is 0.225. The Hall–Kier alpha value is -3.64. The summed E-state index contributed by atoms with van der Waals surface area (Å²) in [5, 5.41) is 14.7. The number of hydrazone groups is 1. The molecule has 0 saturated carbocycles. The van der Waals surface area contributed by atoms with Crippen LogP contribution in [0, 0.1) is 0 Å². The molecule has 0 fully saturated rings. The average molecular weight is 434 g/mol. The zero-order valence-corrected chi connectivity index (χ0v) is 18.0. The van der Waals surface area contributed by atoms with Crippen LogP contribution in [0.3, 0.4) is 0 Å². The van der Waals surface area contributed by atoms with Crippen molar-refractivity contribution in [2.75, 3.05) is 11.9 Å². The number of nitrogens with zero attached hydrogens (tertiary/aromatic N) is 4. The molecule has 6 nitrogen and oxygen atoms in total. The molecule has 0 aliphatic rings. The monoisotopic (exact) mass is 433 g/mol. The molecule has 0 amide bonds. The van der Waals surface area contributed by atoms with Crippen molar-refractivity contribution in [2.24, 2.45) is 10.1 Å². The van der Waals surface area contributed by atoms with Crippen molar-refractivity contribution in [3.8, 4) is 0 Å². The second-order valence-electron chi connectivity index (χ2n) is 6.88. The van der Waals surface area contributed by atoms with E-state index in [9.17, 15) is 5.11 Å². The van der Waals surface area contributed by atoms with Crippen molar-refractivity contribution in [2.45, 2.75) is 13.1 Å². The Labute approximate surface area is 187 Å². The topological polar surface area (TPSA) is 73.1 Å². The van der Waals surface area contributed by atoms with E-state index in [1.165, 1.54) is 0 Å². The number of amidine groups is 1. The maximum atomic E-state index is 9.72. The Morgan fingerprint density at radius 3 is 2.58 bits per heavy atom. The molecule has 158 valence electrons. The van der Waals surface area contributed by atoms with Crippen molar-refractivity contribution in [3.05, 3.63) is 101 Å². The molecule has 3 aromatic rings. The number of halogens is 1. The van der Waals surface area contributed by atoms with Crippen molar-refractivity contribution in [1.82, 2.24) is 10.4 Å². The zero-order chi connectivity index (χ0) is 22.2. The van der Waals surface area contributed by atoms with Crippen molar-refractivity contribution in [3.63, 3.8) is 0 Å². The summed E-state index contributed by atoms with van der Waals surface area (Å²) >= 11 is 6.53. The summed E-state index contributed by atoms with van der Waals surface area (Å²) in [5.74, 6) is 1.31. The van der Waals surface area contributed by atoms with Gasteiger partial charge in [-0.1, -0.05) is 60.6 Å². The number of rotatable bonds is 8. The van der Waals surface area contributed by atoms with Crippen LogP contribution < -0.4 is 10.3 Å². The van der Waals surface area contributed by atoms with E-state index in [4.69, 9.17) is 11.6 Å². The Balaban J connectivity index is 1.71. The minimum atomic E-state index is 0.0153. The van der Waals surface area contributed by atoms with Gasteiger partial charge in [0.25, 0.3) is 0 Å². The van der Waals surface area contributed by atoms with Crippen LogP contribution in [-0.4, -0.2) is 29.7 Å². The molecule has 0 aliphatic carbocycles. The lowest BCUT2D eigenvalue weighted by atomic mass is 10.1. The second kappa shape index (κ2) is 10.4. The fraction of sp³-hybridized carbons (Fsp3) is 0.125. The third-order valence-corrected chi connectivity index (χ3v) is 5.04. The molecular formula is C24H24ClN5O. The summed E-state index contributed by atoms with van der Waals surface area (Å²) in [6, 6.07) is 18.9. The summed E-state index contributed by atoms with van der Waals surface area (Å²) in [6.07, 6.45) is 1.76. The minimum absolute atomic E-state index is 0.0153. The molecule has 0 unspecified atom stereocenters. The van der Waals surface area contributed by atoms with Crippen LogP contribution >= 0.6 is 11.6 Å². The lowest BCUT2D eigenvalue weighted by molar-refractivity contribution is 0.512. The van der Waals surface area contributed by atoms with E-state index < -0.39 is 0 Å². The summed E-state index contributed by atoms with van der Waals surface area (Å²) in [4.78, 5) is 10.4. The lowest BCUT2D eigenvalue weighted by Crippen LogP contribution is -2.18.